The molecule has 110 valence electrons. The highest BCUT2D eigenvalue weighted by molar-refractivity contribution is 5.52. The largest absolute Gasteiger partial charge is 0.393 e. The standard InChI is InChI=1S/C14H22N4O2/c1-15-12-7-14(17-13(16-12)8-20-2)18-9-3-4-10(18)6-11(19)5-9/h7,9-11,19H,3-6,8H2,1-2H3,(H,15,16,17). The minimum absolute atomic E-state index is 0.159. The molecule has 0 spiro atoms. The van der Waals surface area contributed by atoms with Gasteiger partial charge in [0, 0.05) is 32.3 Å². The average Bonchev–Trinajstić information content (AvgIpc) is 2.71. The number of nitrogens with zero attached hydrogens (tertiary/aromatic N) is 3. The number of fused-ring (bicyclic) bond motifs is 2. The monoisotopic (exact) mass is 278 g/mol. The van der Waals surface area contributed by atoms with Gasteiger partial charge in [-0.05, 0) is 25.7 Å². The second-order valence-electron chi connectivity index (χ2n) is 5.63. The maximum atomic E-state index is 9.90. The molecule has 2 fully saturated rings. The first-order valence-corrected chi connectivity index (χ1v) is 7.22. The summed E-state index contributed by atoms with van der Waals surface area (Å²) in [6.45, 7) is 0.411. The molecule has 2 unspecified atom stereocenters. The van der Waals surface area contributed by atoms with Gasteiger partial charge < -0.3 is 20.1 Å². The summed E-state index contributed by atoms with van der Waals surface area (Å²) in [6.07, 6.45) is 3.80. The zero-order chi connectivity index (χ0) is 14.1. The highest BCUT2D eigenvalue weighted by Gasteiger charge is 2.41. The molecule has 2 atom stereocenters. The number of methoxy groups -OCH3 is 1. The number of ether oxygens (including phenoxy) is 1. The Balaban J connectivity index is 1.91. The molecule has 6 nitrogen and oxygen atoms in total. The Labute approximate surface area is 119 Å². The van der Waals surface area contributed by atoms with Crippen LogP contribution in [0.15, 0.2) is 6.07 Å². The third kappa shape index (κ3) is 2.45. The third-order valence-electron chi connectivity index (χ3n) is 4.26. The molecule has 2 bridgehead atoms. The normalized spacial score (nSPS) is 28.8. The predicted molar refractivity (Wildman–Crippen MR) is 76.8 cm³/mol. The van der Waals surface area contributed by atoms with Crippen LogP contribution in [-0.2, 0) is 11.3 Å². The van der Waals surface area contributed by atoms with Crippen molar-refractivity contribution in [3.05, 3.63) is 11.9 Å². The van der Waals surface area contributed by atoms with Gasteiger partial charge in [0.1, 0.15) is 18.2 Å². The van der Waals surface area contributed by atoms with Crippen LogP contribution in [0.3, 0.4) is 0 Å². The lowest BCUT2D eigenvalue weighted by Gasteiger charge is -2.38. The van der Waals surface area contributed by atoms with E-state index >= 15 is 0 Å². The molecule has 20 heavy (non-hydrogen) atoms. The Hall–Kier alpha value is -1.40. The fourth-order valence-corrected chi connectivity index (χ4v) is 3.46. The van der Waals surface area contributed by atoms with Crippen LogP contribution in [0.25, 0.3) is 0 Å². The first-order chi connectivity index (χ1) is 9.71. The Morgan fingerprint density at radius 2 is 2.05 bits per heavy atom. The second-order valence-corrected chi connectivity index (χ2v) is 5.63. The number of aromatic nitrogens is 2. The van der Waals surface area contributed by atoms with E-state index in [1.54, 1.807) is 7.11 Å². The third-order valence-corrected chi connectivity index (χ3v) is 4.26. The van der Waals surface area contributed by atoms with Gasteiger partial charge in [-0.15, -0.1) is 0 Å². The van der Waals surface area contributed by atoms with Crippen LogP contribution < -0.4 is 10.2 Å². The quantitative estimate of drug-likeness (QED) is 0.861. The summed E-state index contributed by atoms with van der Waals surface area (Å²) in [5.74, 6) is 2.46. The van der Waals surface area contributed by atoms with Crippen molar-refractivity contribution in [2.45, 2.75) is 50.5 Å². The maximum Gasteiger partial charge on any atom is 0.158 e. The van der Waals surface area contributed by atoms with Gasteiger partial charge in [0.2, 0.25) is 0 Å². The number of aliphatic hydroxyl groups is 1. The predicted octanol–water partition coefficient (Wildman–Crippen LogP) is 1.16. The van der Waals surface area contributed by atoms with Gasteiger partial charge in [-0.2, -0.15) is 0 Å². The van der Waals surface area contributed by atoms with Crippen molar-refractivity contribution >= 4 is 11.6 Å². The summed E-state index contributed by atoms with van der Waals surface area (Å²) < 4.78 is 5.14. The van der Waals surface area contributed by atoms with E-state index in [0.717, 1.165) is 37.3 Å². The number of nitrogens with one attached hydrogen (secondary N) is 1. The Morgan fingerprint density at radius 3 is 2.65 bits per heavy atom. The van der Waals surface area contributed by atoms with Gasteiger partial charge in [-0.3, -0.25) is 0 Å². The molecule has 3 heterocycles. The summed E-state index contributed by atoms with van der Waals surface area (Å²) in [7, 11) is 3.51. The average molecular weight is 278 g/mol. The molecule has 2 N–H and O–H groups in total. The highest BCUT2D eigenvalue weighted by atomic mass is 16.5. The first-order valence-electron chi connectivity index (χ1n) is 7.22. The van der Waals surface area contributed by atoms with Crippen LogP contribution in [0.1, 0.15) is 31.5 Å². The van der Waals surface area contributed by atoms with Crippen LogP contribution in [0.4, 0.5) is 11.6 Å². The maximum absolute atomic E-state index is 9.90. The number of anilines is 2. The zero-order valence-electron chi connectivity index (χ0n) is 12.0. The molecular formula is C14H22N4O2. The van der Waals surface area contributed by atoms with Crippen molar-refractivity contribution in [1.29, 1.82) is 0 Å². The van der Waals surface area contributed by atoms with Gasteiger partial charge in [0.05, 0.1) is 6.10 Å². The molecular weight excluding hydrogens is 256 g/mol. The Kier molecular flexibility index (Phi) is 3.76. The fourth-order valence-electron chi connectivity index (χ4n) is 3.46. The number of piperidine rings is 1. The van der Waals surface area contributed by atoms with E-state index in [0.29, 0.717) is 24.5 Å². The Morgan fingerprint density at radius 1 is 1.35 bits per heavy atom. The van der Waals surface area contributed by atoms with Crippen LogP contribution in [-0.4, -0.2) is 47.4 Å². The van der Waals surface area contributed by atoms with Crippen LogP contribution in [0, 0.1) is 0 Å². The number of rotatable bonds is 4. The van der Waals surface area contributed by atoms with Crippen molar-refractivity contribution in [3.8, 4) is 0 Å². The van der Waals surface area contributed by atoms with E-state index in [4.69, 9.17) is 4.74 Å². The fraction of sp³-hybridized carbons (Fsp3) is 0.714. The van der Waals surface area contributed by atoms with E-state index in [1.807, 2.05) is 13.1 Å². The smallest absolute Gasteiger partial charge is 0.158 e. The van der Waals surface area contributed by atoms with Crippen molar-refractivity contribution in [3.63, 3.8) is 0 Å². The van der Waals surface area contributed by atoms with Crippen LogP contribution in [0.2, 0.25) is 0 Å². The molecule has 2 aliphatic heterocycles. The van der Waals surface area contributed by atoms with Crippen molar-refractivity contribution in [1.82, 2.24) is 9.97 Å². The number of hydrogen-bond donors (Lipinski definition) is 2. The van der Waals surface area contributed by atoms with Gasteiger partial charge in [0.15, 0.2) is 5.82 Å². The molecule has 0 aliphatic carbocycles. The van der Waals surface area contributed by atoms with Crippen LogP contribution >= 0.6 is 0 Å². The zero-order valence-corrected chi connectivity index (χ0v) is 12.0. The van der Waals surface area contributed by atoms with Gasteiger partial charge in [-0.1, -0.05) is 0 Å². The second kappa shape index (κ2) is 5.54. The summed E-state index contributed by atoms with van der Waals surface area (Å²) in [6, 6.07) is 2.79. The molecule has 2 aliphatic rings. The highest BCUT2D eigenvalue weighted by Crippen LogP contribution is 2.39. The molecule has 2 saturated heterocycles. The summed E-state index contributed by atoms with van der Waals surface area (Å²) in [5, 5.41) is 13.0. The van der Waals surface area contributed by atoms with Crippen molar-refractivity contribution in [2.75, 3.05) is 24.4 Å². The van der Waals surface area contributed by atoms with Gasteiger partial charge in [0.25, 0.3) is 0 Å². The van der Waals surface area contributed by atoms with E-state index in [-0.39, 0.29) is 6.10 Å². The first kappa shape index (κ1) is 13.6. The molecule has 6 heteroatoms. The minimum Gasteiger partial charge on any atom is -0.393 e. The topological polar surface area (TPSA) is 70.5 Å². The Bertz CT molecular complexity index is 468. The SMILES string of the molecule is CNc1cc(N2C3CCC2CC(O)C3)nc(COC)n1. The van der Waals surface area contributed by atoms with E-state index in [1.165, 1.54) is 0 Å². The molecule has 3 rings (SSSR count). The molecule has 0 radical (unpaired) electrons. The molecule has 0 aromatic carbocycles. The van der Waals surface area contributed by atoms with Crippen molar-refractivity contribution < 1.29 is 9.84 Å². The summed E-state index contributed by atoms with van der Waals surface area (Å²) in [4.78, 5) is 11.4. The molecule has 0 saturated carbocycles. The van der Waals surface area contributed by atoms with E-state index in [2.05, 4.69) is 20.2 Å². The van der Waals surface area contributed by atoms with E-state index < -0.39 is 0 Å². The van der Waals surface area contributed by atoms with E-state index in [9.17, 15) is 5.11 Å². The number of aliphatic hydroxyl groups excluding tert-OH is 1. The molecule has 1 aromatic heterocycles. The van der Waals surface area contributed by atoms with Gasteiger partial charge in [-0.25, -0.2) is 9.97 Å². The lowest BCUT2D eigenvalue weighted by atomic mass is 10.00. The summed E-state index contributed by atoms with van der Waals surface area (Å²) >= 11 is 0. The summed E-state index contributed by atoms with van der Waals surface area (Å²) in [5.41, 5.74) is 0. The van der Waals surface area contributed by atoms with Crippen LogP contribution in [0.5, 0.6) is 0 Å². The molecule has 0 amide bonds. The lowest BCUT2D eigenvalue weighted by molar-refractivity contribution is 0.126. The lowest BCUT2D eigenvalue weighted by Crippen LogP contribution is -2.45. The molecule has 1 aromatic rings. The van der Waals surface area contributed by atoms with Crippen molar-refractivity contribution in [2.24, 2.45) is 0 Å². The number of hydrogen-bond acceptors (Lipinski definition) is 6. The van der Waals surface area contributed by atoms with Gasteiger partial charge >= 0.3 is 0 Å². The minimum atomic E-state index is -0.159.